The van der Waals surface area contributed by atoms with E-state index in [1.54, 1.807) is 30.3 Å². The molecule has 25 heavy (non-hydrogen) atoms. The molecule has 3 rings (SSSR count). The first-order valence-electron chi connectivity index (χ1n) is 7.74. The third-order valence-corrected chi connectivity index (χ3v) is 4.25. The molecule has 0 fully saturated rings. The molecule has 0 unspecified atom stereocenters. The fourth-order valence-electron chi connectivity index (χ4n) is 2.62. The van der Waals surface area contributed by atoms with Crippen molar-refractivity contribution in [2.75, 3.05) is 6.61 Å². The van der Waals surface area contributed by atoms with Crippen LogP contribution in [0.2, 0.25) is 0 Å². The topological polar surface area (TPSA) is 78.5 Å². The molecule has 6 nitrogen and oxygen atoms in total. The quantitative estimate of drug-likeness (QED) is 0.539. The Hall–Kier alpha value is -3.15. The number of aryl methyl sites for hydroxylation is 1. The number of nitrogens with zero attached hydrogens (tertiary/aromatic N) is 1. The largest absolute Gasteiger partial charge is 0.451 e. The van der Waals surface area contributed by atoms with Gasteiger partial charge in [-0.05, 0) is 32.0 Å². The normalized spacial score (nSPS) is 10.8. The maximum atomic E-state index is 12.3. The van der Waals surface area contributed by atoms with Crippen molar-refractivity contribution in [2.24, 2.45) is 7.05 Å². The summed E-state index contributed by atoms with van der Waals surface area (Å²) in [5.41, 5.74) is 2.20. The number of carbonyl (C=O) groups is 2. The number of benzene rings is 1. The van der Waals surface area contributed by atoms with Gasteiger partial charge in [-0.1, -0.05) is 12.1 Å². The van der Waals surface area contributed by atoms with Crippen LogP contribution in [0.4, 0.5) is 0 Å². The van der Waals surface area contributed by atoms with Crippen molar-refractivity contribution in [3.63, 3.8) is 0 Å². The molecule has 0 N–H and O–H groups in total. The summed E-state index contributed by atoms with van der Waals surface area (Å²) in [4.78, 5) is 36.4. The molecule has 6 heteroatoms. The van der Waals surface area contributed by atoms with Crippen molar-refractivity contribution in [3.8, 4) is 0 Å². The van der Waals surface area contributed by atoms with E-state index in [0.29, 0.717) is 16.5 Å². The molecule has 0 aliphatic carbocycles. The Bertz CT molecular complexity index is 1040. The standard InChI is InChI=1S/C19H17NO5/c1-11-8-14(12(2)20(11)3)16(22)10-24-19(23)18-9-15(21)13-6-4-5-7-17(13)25-18/h4-9H,10H2,1-3H3. The van der Waals surface area contributed by atoms with Gasteiger partial charge < -0.3 is 13.7 Å². The van der Waals surface area contributed by atoms with Crippen molar-refractivity contribution in [2.45, 2.75) is 13.8 Å². The first-order valence-corrected chi connectivity index (χ1v) is 7.74. The lowest BCUT2D eigenvalue weighted by atomic mass is 10.1. The molecule has 0 aliphatic heterocycles. The molecule has 0 saturated heterocycles. The van der Waals surface area contributed by atoms with Crippen LogP contribution in [0.5, 0.6) is 0 Å². The van der Waals surface area contributed by atoms with E-state index in [1.165, 1.54) is 0 Å². The van der Waals surface area contributed by atoms with E-state index in [4.69, 9.17) is 9.15 Å². The number of fused-ring (bicyclic) bond motifs is 1. The van der Waals surface area contributed by atoms with Crippen molar-refractivity contribution >= 4 is 22.7 Å². The molecule has 128 valence electrons. The van der Waals surface area contributed by atoms with Crippen LogP contribution in [0.25, 0.3) is 11.0 Å². The van der Waals surface area contributed by atoms with E-state index >= 15 is 0 Å². The Balaban J connectivity index is 1.77. The van der Waals surface area contributed by atoms with Crippen molar-refractivity contribution in [1.29, 1.82) is 0 Å². The van der Waals surface area contributed by atoms with E-state index in [9.17, 15) is 14.4 Å². The van der Waals surface area contributed by atoms with Gasteiger partial charge in [0.15, 0.2) is 12.0 Å². The number of rotatable bonds is 4. The van der Waals surface area contributed by atoms with Crippen LogP contribution in [-0.4, -0.2) is 22.9 Å². The highest BCUT2D eigenvalue weighted by Crippen LogP contribution is 2.15. The summed E-state index contributed by atoms with van der Waals surface area (Å²) < 4.78 is 12.3. The molecular weight excluding hydrogens is 322 g/mol. The van der Waals surface area contributed by atoms with Crippen LogP contribution in [-0.2, 0) is 11.8 Å². The highest BCUT2D eigenvalue weighted by atomic mass is 16.5. The van der Waals surface area contributed by atoms with Gasteiger partial charge in [0.25, 0.3) is 0 Å². The van der Waals surface area contributed by atoms with Crippen LogP contribution in [0.15, 0.2) is 45.6 Å². The number of Topliss-reactive ketones (excluding diaryl/α,β-unsaturated/α-hetero) is 1. The van der Waals surface area contributed by atoms with Crippen molar-refractivity contribution < 1.29 is 18.7 Å². The van der Waals surface area contributed by atoms with E-state index < -0.39 is 12.6 Å². The van der Waals surface area contributed by atoms with E-state index in [2.05, 4.69) is 0 Å². The predicted molar refractivity (Wildman–Crippen MR) is 92.0 cm³/mol. The lowest BCUT2D eigenvalue weighted by Gasteiger charge is -2.05. The first-order chi connectivity index (χ1) is 11.9. The SMILES string of the molecule is Cc1cc(C(=O)COC(=O)c2cc(=O)c3ccccc3o2)c(C)n1C. The van der Waals surface area contributed by atoms with Gasteiger partial charge in [0.05, 0.1) is 5.39 Å². The molecule has 0 bridgehead atoms. The Morgan fingerprint density at radius 2 is 1.88 bits per heavy atom. The highest BCUT2D eigenvalue weighted by Gasteiger charge is 2.18. The molecule has 0 saturated carbocycles. The van der Waals surface area contributed by atoms with Crippen LogP contribution < -0.4 is 5.43 Å². The van der Waals surface area contributed by atoms with Crippen LogP contribution in [0, 0.1) is 13.8 Å². The molecule has 1 aromatic carbocycles. The molecule has 3 aromatic rings. The molecule has 2 heterocycles. The van der Waals surface area contributed by atoms with E-state index in [0.717, 1.165) is 17.5 Å². The maximum Gasteiger partial charge on any atom is 0.374 e. The van der Waals surface area contributed by atoms with Gasteiger partial charge in [-0.3, -0.25) is 9.59 Å². The van der Waals surface area contributed by atoms with Gasteiger partial charge >= 0.3 is 5.97 Å². The minimum Gasteiger partial charge on any atom is -0.451 e. The van der Waals surface area contributed by atoms with Gasteiger partial charge in [-0.2, -0.15) is 0 Å². The van der Waals surface area contributed by atoms with Crippen LogP contribution in [0.3, 0.4) is 0 Å². The predicted octanol–water partition coefficient (Wildman–Crippen LogP) is 2.79. The van der Waals surface area contributed by atoms with Crippen molar-refractivity contribution in [3.05, 3.63) is 69.3 Å². The second-order valence-electron chi connectivity index (χ2n) is 5.81. The Kier molecular flexibility index (Phi) is 4.27. The number of hydrogen-bond donors (Lipinski definition) is 0. The zero-order chi connectivity index (χ0) is 18.1. The van der Waals surface area contributed by atoms with Crippen molar-refractivity contribution in [1.82, 2.24) is 4.57 Å². The van der Waals surface area contributed by atoms with Gasteiger partial charge in [0.2, 0.25) is 11.5 Å². The molecule has 0 spiro atoms. The highest BCUT2D eigenvalue weighted by molar-refractivity contribution is 6.00. The number of aromatic nitrogens is 1. The van der Waals surface area contributed by atoms with Gasteiger partial charge in [0.1, 0.15) is 5.58 Å². The first kappa shape index (κ1) is 16.7. The number of hydrogen-bond acceptors (Lipinski definition) is 5. The summed E-state index contributed by atoms with van der Waals surface area (Å²) in [5.74, 6) is -1.38. The average molecular weight is 339 g/mol. The van der Waals surface area contributed by atoms with Crippen LogP contribution >= 0.6 is 0 Å². The lowest BCUT2D eigenvalue weighted by Crippen LogP contribution is -2.16. The number of carbonyl (C=O) groups excluding carboxylic acids is 2. The summed E-state index contributed by atoms with van der Waals surface area (Å²) in [6, 6.07) is 9.44. The van der Waals surface area contributed by atoms with E-state index in [1.807, 2.05) is 25.5 Å². The number of para-hydroxylation sites is 1. The van der Waals surface area contributed by atoms with E-state index in [-0.39, 0.29) is 17.0 Å². The summed E-state index contributed by atoms with van der Waals surface area (Å²) >= 11 is 0. The molecule has 0 atom stereocenters. The molecular formula is C19H17NO5. The number of ether oxygens (including phenoxy) is 1. The minimum atomic E-state index is -0.846. The number of esters is 1. The van der Waals surface area contributed by atoms with Gasteiger partial charge in [0, 0.05) is 30.1 Å². The number of ketones is 1. The smallest absolute Gasteiger partial charge is 0.374 e. The Morgan fingerprint density at radius 1 is 1.16 bits per heavy atom. The van der Waals surface area contributed by atoms with Gasteiger partial charge in [-0.15, -0.1) is 0 Å². The Morgan fingerprint density at radius 3 is 2.56 bits per heavy atom. The third-order valence-electron chi connectivity index (χ3n) is 4.25. The third kappa shape index (κ3) is 3.10. The summed E-state index contributed by atoms with van der Waals surface area (Å²) in [6.45, 7) is 3.30. The average Bonchev–Trinajstić information content (AvgIpc) is 2.87. The molecule has 0 amide bonds. The maximum absolute atomic E-state index is 12.3. The fourth-order valence-corrected chi connectivity index (χ4v) is 2.62. The molecule has 0 aliphatic rings. The monoisotopic (exact) mass is 339 g/mol. The molecule has 0 radical (unpaired) electrons. The minimum absolute atomic E-state index is 0.225. The second kappa shape index (κ2) is 6.39. The summed E-state index contributed by atoms with van der Waals surface area (Å²) in [6.07, 6.45) is 0. The van der Waals surface area contributed by atoms with Crippen LogP contribution in [0.1, 0.15) is 32.3 Å². The van der Waals surface area contributed by atoms with Gasteiger partial charge in [-0.25, -0.2) is 4.79 Å². The second-order valence-corrected chi connectivity index (χ2v) is 5.81. The fraction of sp³-hybridized carbons (Fsp3) is 0.211. The zero-order valence-electron chi connectivity index (χ0n) is 14.2. The zero-order valence-corrected chi connectivity index (χ0v) is 14.2. The molecule has 2 aromatic heterocycles. The Labute approximate surface area is 143 Å². The summed E-state index contributed by atoms with van der Waals surface area (Å²) in [7, 11) is 1.86. The lowest BCUT2D eigenvalue weighted by molar-refractivity contribution is 0.0444. The summed E-state index contributed by atoms with van der Waals surface area (Å²) in [5, 5.41) is 0.380.